The number of carbonyl (C=O) groups is 4. The summed E-state index contributed by atoms with van der Waals surface area (Å²) in [5.74, 6) is -0.938. The lowest BCUT2D eigenvalue weighted by Gasteiger charge is -2.24. The Balaban J connectivity index is 1.22. The van der Waals surface area contributed by atoms with Gasteiger partial charge in [0.2, 0.25) is 5.91 Å². The molecule has 3 aromatic rings. The molecule has 0 radical (unpaired) electrons. The summed E-state index contributed by atoms with van der Waals surface area (Å²) >= 11 is 0. The number of fused-ring (bicyclic) bond motifs is 3. The number of hydrazine groups is 1. The monoisotopic (exact) mass is 652 g/mol. The maximum Gasteiger partial charge on any atom is 0.426 e. The van der Waals surface area contributed by atoms with Gasteiger partial charge < -0.3 is 19.5 Å². The molecule has 1 heterocycles. The number of nitrogens with one attached hydrogen (secondary N) is 3. The third-order valence-corrected chi connectivity index (χ3v) is 8.70. The van der Waals surface area contributed by atoms with Gasteiger partial charge in [0.25, 0.3) is 0 Å². The fourth-order valence-corrected chi connectivity index (χ4v) is 6.27. The number of pyridine rings is 1. The Bertz CT molecular complexity index is 1440. The van der Waals surface area contributed by atoms with Gasteiger partial charge >= 0.3 is 18.2 Å². The second kappa shape index (κ2) is 16.2. The van der Waals surface area contributed by atoms with E-state index in [9.17, 15) is 19.2 Å². The van der Waals surface area contributed by atoms with Crippen molar-refractivity contribution in [1.82, 2.24) is 21.2 Å². The van der Waals surface area contributed by atoms with E-state index in [2.05, 4.69) is 21.2 Å². The Labute approximate surface area is 269 Å². The van der Waals surface area contributed by atoms with Gasteiger partial charge in [-0.3, -0.25) is 10.2 Å². The van der Waals surface area contributed by atoms with Gasteiger partial charge in [-0.2, -0.15) is 0 Å². The molecule has 1 aromatic heterocycles. The molecule has 0 saturated heterocycles. The molecule has 3 amide bonds. The van der Waals surface area contributed by atoms with Crippen molar-refractivity contribution in [2.24, 2.45) is 0 Å². The predicted molar refractivity (Wildman–Crippen MR) is 172 cm³/mol. The lowest BCUT2D eigenvalue weighted by atomic mass is 9.98. The number of benzene rings is 2. The van der Waals surface area contributed by atoms with Crippen LogP contribution in [0.25, 0.3) is 11.1 Å². The first-order valence-electron chi connectivity index (χ1n) is 14.4. The highest BCUT2D eigenvalue weighted by molar-refractivity contribution is 8.76. The van der Waals surface area contributed by atoms with Gasteiger partial charge in [0.1, 0.15) is 29.9 Å². The molecule has 0 bridgehead atoms. The number of rotatable bonds is 12. The van der Waals surface area contributed by atoms with Crippen molar-refractivity contribution in [2.45, 2.75) is 56.2 Å². The van der Waals surface area contributed by atoms with Crippen molar-refractivity contribution < 1.29 is 33.4 Å². The molecule has 1 aliphatic carbocycles. The van der Waals surface area contributed by atoms with Crippen LogP contribution in [-0.2, 0) is 23.8 Å². The first-order chi connectivity index (χ1) is 21.6. The first-order valence-corrected chi connectivity index (χ1v) is 16.7. The molecule has 0 unspecified atom stereocenters. The van der Waals surface area contributed by atoms with Gasteiger partial charge in [-0.25, -0.2) is 24.8 Å². The molecule has 1 atom stereocenters. The Morgan fingerprint density at radius 1 is 0.867 bits per heavy atom. The number of aromatic nitrogens is 1. The number of hydrogen-bond donors (Lipinski definition) is 3. The zero-order chi connectivity index (χ0) is 32.2. The summed E-state index contributed by atoms with van der Waals surface area (Å²) in [5.41, 5.74) is 7.90. The molecule has 45 heavy (non-hydrogen) atoms. The third kappa shape index (κ3) is 10.4. The van der Waals surface area contributed by atoms with Crippen molar-refractivity contribution in [1.29, 1.82) is 0 Å². The number of nitrogens with zero attached hydrogens (tertiary/aromatic N) is 1. The lowest BCUT2D eigenvalue weighted by Crippen LogP contribution is -2.46. The predicted octanol–water partition coefficient (Wildman–Crippen LogP) is 5.61. The minimum Gasteiger partial charge on any atom is -0.458 e. The maximum absolute atomic E-state index is 12.9. The number of alkyl carbamates (subject to hydrolysis) is 1. The van der Waals surface area contributed by atoms with Crippen LogP contribution in [-0.4, -0.2) is 59.7 Å². The Morgan fingerprint density at radius 3 is 2.18 bits per heavy atom. The van der Waals surface area contributed by atoms with Crippen LogP contribution in [0.5, 0.6) is 0 Å². The number of esters is 1. The molecule has 0 spiro atoms. The molecular formula is C32H36N4O7S2. The van der Waals surface area contributed by atoms with Gasteiger partial charge in [0.15, 0.2) is 0 Å². The maximum atomic E-state index is 12.9. The van der Waals surface area contributed by atoms with E-state index in [4.69, 9.17) is 14.2 Å². The van der Waals surface area contributed by atoms with E-state index < -0.39 is 35.7 Å². The lowest BCUT2D eigenvalue weighted by molar-refractivity contribution is -0.157. The molecule has 1 aliphatic rings. The van der Waals surface area contributed by atoms with Crippen LogP contribution >= 0.6 is 21.6 Å². The average Bonchev–Trinajstić information content (AvgIpc) is 3.34. The Hall–Kier alpha value is -4.23. The Kier molecular flexibility index (Phi) is 12.1. The van der Waals surface area contributed by atoms with Crippen LogP contribution in [0.2, 0.25) is 0 Å². The van der Waals surface area contributed by atoms with Gasteiger partial charge in [0.05, 0.1) is 0 Å². The van der Waals surface area contributed by atoms with E-state index in [1.165, 1.54) is 21.6 Å². The molecular weight excluding hydrogens is 617 g/mol. The fourth-order valence-electron chi connectivity index (χ4n) is 4.57. The van der Waals surface area contributed by atoms with Gasteiger partial charge in [-0.1, -0.05) is 65.4 Å². The third-order valence-electron chi connectivity index (χ3n) is 6.47. The number of amides is 3. The first kappa shape index (κ1) is 33.7. The second-order valence-electron chi connectivity index (χ2n) is 11.0. The van der Waals surface area contributed by atoms with Crippen LogP contribution in [0.1, 0.15) is 50.7 Å². The molecule has 4 rings (SSSR count). The Morgan fingerprint density at radius 2 is 1.53 bits per heavy atom. The van der Waals surface area contributed by atoms with Crippen molar-refractivity contribution >= 4 is 45.7 Å². The molecule has 11 nitrogen and oxygen atoms in total. The fraction of sp³-hybridized carbons (Fsp3) is 0.344. The van der Waals surface area contributed by atoms with E-state index in [0.717, 1.165) is 27.3 Å². The van der Waals surface area contributed by atoms with Gasteiger partial charge in [-0.15, -0.1) is 0 Å². The average molecular weight is 653 g/mol. The van der Waals surface area contributed by atoms with Crippen molar-refractivity contribution in [3.8, 4) is 11.1 Å². The smallest absolute Gasteiger partial charge is 0.426 e. The SMILES string of the molecule is CC(C)(C)OC(=O)[C@H](CCC(=O)NNC(=O)OCCSSc1ccccn1)NC(=O)OCC1c2ccccc2-c2ccccc21. The summed E-state index contributed by atoms with van der Waals surface area (Å²) in [6.07, 6.45) is -0.239. The number of carbonyl (C=O) groups excluding carboxylic acids is 4. The summed E-state index contributed by atoms with van der Waals surface area (Å²) < 4.78 is 16.1. The van der Waals surface area contributed by atoms with Gasteiger partial charge in [-0.05, 0) is 72.4 Å². The molecule has 2 aromatic carbocycles. The topological polar surface area (TPSA) is 145 Å². The van der Waals surface area contributed by atoms with Crippen molar-refractivity contribution in [3.05, 3.63) is 84.1 Å². The quantitative estimate of drug-likeness (QED) is 0.0742. The molecule has 3 N–H and O–H groups in total. The molecule has 0 aliphatic heterocycles. The molecule has 0 saturated carbocycles. The van der Waals surface area contributed by atoms with Crippen LogP contribution in [0.15, 0.2) is 78.0 Å². The van der Waals surface area contributed by atoms with Crippen LogP contribution in [0.4, 0.5) is 9.59 Å². The highest BCUT2D eigenvalue weighted by Gasteiger charge is 2.31. The molecule has 0 fully saturated rings. The highest BCUT2D eigenvalue weighted by Crippen LogP contribution is 2.44. The highest BCUT2D eigenvalue weighted by atomic mass is 33.1. The normalized spacial score (nSPS) is 12.7. The van der Waals surface area contributed by atoms with Crippen LogP contribution in [0.3, 0.4) is 0 Å². The standard InChI is InChI=1S/C32H36N4O7S2/c1-32(2,3)43-29(38)26(15-16-27(37)35-36-31(40)41-18-19-44-45-28-14-8-9-17-33-28)34-30(39)42-20-25-23-12-6-4-10-21(23)22-11-5-7-13-24(22)25/h4-14,17,25-26H,15-16,18-20H2,1-3H3,(H,34,39)(H,35,37)(H,36,40)/t26-/m0/s1. The van der Waals surface area contributed by atoms with Crippen molar-refractivity contribution in [3.63, 3.8) is 0 Å². The van der Waals surface area contributed by atoms with E-state index in [-0.39, 0.29) is 32.0 Å². The zero-order valence-electron chi connectivity index (χ0n) is 25.2. The van der Waals surface area contributed by atoms with E-state index in [1.807, 2.05) is 66.7 Å². The summed E-state index contributed by atoms with van der Waals surface area (Å²) in [4.78, 5) is 54.3. The van der Waals surface area contributed by atoms with E-state index in [1.54, 1.807) is 27.0 Å². The number of hydrogen-bond acceptors (Lipinski definition) is 10. The van der Waals surface area contributed by atoms with Gasteiger partial charge in [0, 0.05) is 24.3 Å². The second-order valence-corrected chi connectivity index (χ2v) is 13.4. The molecule has 238 valence electrons. The van der Waals surface area contributed by atoms with Crippen LogP contribution in [0, 0.1) is 0 Å². The van der Waals surface area contributed by atoms with Crippen LogP contribution < -0.4 is 16.2 Å². The van der Waals surface area contributed by atoms with Crippen molar-refractivity contribution in [2.75, 3.05) is 19.0 Å². The van der Waals surface area contributed by atoms with E-state index >= 15 is 0 Å². The summed E-state index contributed by atoms with van der Waals surface area (Å²) in [6, 6.07) is 20.3. The zero-order valence-corrected chi connectivity index (χ0v) is 26.9. The summed E-state index contributed by atoms with van der Waals surface area (Å²) in [5, 5.41) is 3.39. The summed E-state index contributed by atoms with van der Waals surface area (Å²) in [6.45, 7) is 5.29. The molecule has 13 heteroatoms. The van der Waals surface area contributed by atoms with E-state index in [0.29, 0.717) is 5.75 Å². The largest absolute Gasteiger partial charge is 0.458 e. The minimum atomic E-state index is -1.16. The minimum absolute atomic E-state index is 0.0632. The summed E-state index contributed by atoms with van der Waals surface area (Å²) in [7, 11) is 2.93. The number of ether oxygens (including phenoxy) is 3.